The van der Waals surface area contributed by atoms with Crippen LogP contribution in [0.4, 0.5) is 4.39 Å². The van der Waals surface area contributed by atoms with Crippen molar-refractivity contribution in [1.29, 1.82) is 0 Å². The molecule has 6 rings (SSSR count). The van der Waals surface area contributed by atoms with Crippen LogP contribution in [0.25, 0.3) is 20.8 Å². The van der Waals surface area contributed by atoms with Crippen LogP contribution in [0.1, 0.15) is 43.7 Å². The highest BCUT2D eigenvalue weighted by molar-refractivity contribution is 7.22. The number of ether oxygens (including phenoxy) is 1. The number of benzene rings is 1. The van der Waals surface area contributed by atoms with Gasteiger partial charge in [0.15, 0.2) is 11.6 Å². The summed E-state index contributed by atoms with van der Waals surface area (Å²) in [6.45, 7) is 5.53. The van der Waals surface area contributed by atoms with Crippen molar-refractivity contribution in [1.82, 2.24) is 14.9 Å². The molecule has 0 amide bonds. The van der Waals surface area contributed by atoms with Crippen LogP contribution in [0.3, 0.4) is 0 Å². The van der Waals surface area contributed by atoms with E-state index in [1.54, 1.807) is 24.4 Å². The third-order valence-electron chi connectivity index (χ3n) is 7.20. The fourth-order valence-corrected chi connectivity index (χ4v) is 6.05. The summed E-state index contributed by atoms with van der Waals surface area (Å²) in [5, 5.41) is 0. The van der Waals surface area contributed by atoms with Gasteiger partial charge in [-0.05, 0) is 73.0 Å². The van der Waals surface area contributed by atoms with Gasteiger partial charge >= 0.3 is 0 Å². The van der Waals surface area contributed by atoms with Crippen molar-refractivity contribution in [3.63, 3.8) is 0 Å². The minimum absolute atomic E-state index is 0.138. The van der Waals surface area contributed by atoms with E-state index in [0.717, 1.165) is 59.2 Å². The van der Waals surface area contributed by atoms with Crippen LogP contribution >= 0.6 is 11.3 Å². The molecule has 0 spiro atoms. The van der Waals surface area contributed by atoms with Gasteiger partial charge in [-0.2, -0.15) is 0 Å². The standard InChI is InChI=1S/C30H30FN3O2S/c1-19-9-11-34(17-19)18-22-4-6-25(33-16-22)29-15-26-30(37-29)28(8-10-32-26)36-27-7-5-21(14-24(27)31)13-23(35)12-20-2-3-20/h4-8,10,14-16,19-20H,2-3,9,11-13,17-18H2,1H3/t19-/m0/s1. The minimum atomic E-state index is -0.469. The van der Waals surface area contributed by atoms with Crippen molar-refractivity contribution in [3.8, 4) is 22.1 Å². The van der Waals surface area contributed by atoms with Gasteiger partial charge in [-0.3, -0.25) is 19.7 Å². The number of likely N-dealkylation sites (tertiary alicyclic amines) is 1. The molecule has 4 heterocycles. The van der Waals surface area contributed by atoms with E-state index in [9.17, 15) is 9.18 Å². The number of thiophene rings is 1. The number of pyridine rings is 2. The zero-order valence-electron chi connectivity index (χ0n) is 21.0. The number of nitrogens with zero attached hydrogens (tertiary/aromatic N) is 3. The normalized spacial score (nSPS) is 17.9. The van der Waals surface area contributed by atoms with Crippen LogP contribution in [0.15, 0.2) is 54.9 Å². The van der Waals surface area contributed by atoms with E-state index in [-0.39, 0.29) is 18.0 Å². The van der Waals surface area contributed by atoms with Crippen LogP contribution in [-0.4, -0.2) is 33.7 Å². The molecule has 7 heteroatoms. The Hall–Kier alpha value is -3.16. The van der Waals surface area contributed by atoms with Gasteiger partial charge in [0.25, 0.3) is 0 Å². The van der Waals surface area contributed by atoms with Crippen LogP contribution < -0.4 is 4.74 Å². The van der Waals surface area contributed by atoms with Gasteiger partial charge in [0.1, 0.15) is 11.5 Å². The second kappa shape index (κ2) is 10.3. The van der Waals surface area contributed by atoms with Gasteiger partial charge < -0.3 is 4.74 Å². The molecule has 0 radical (unpaired) electrons. The summed E-state index contributed by atoms with van der Waals surface area (Å²) in [6.07, 6.45) is 8.03. The molecule has 4 aromatic rings. The number of hydrogen-bond acceptors (Lipinski definition) is 6. The summed E-state index contributed by atoms with van der Waals surface area (Å²) in [7, 11) is 0. The molecule has 1 aromatic carbocycles. The quantitative estimate of drug-likeness (QED) is 0.239. The fourth-order valence-electron chi connectivity index (χ4n) is 5.01. The van der Waals surface area contributed by atoms with Gasteiger partial charge in [0.2, 0.25) is 0 Å². The third kappa shape index (κ3) is 5.73. The Labute approximate surface area is 220 Å². The van der Waals surface area contributed by atoms with Crippen LogP contribution in [-0.2, 0) is 17.8 Å². The lowest BCUT2D eigenvalue weighted by molar-refractivity contribution is -0.118. The third-order valence-corrected chi connectivity index (χ3v) is 8.36. The molecule has 1 aliphatic heterocycles. The molecule has 1 saturated heterocycles. The highest BCUT2D eigenvalue weighted by Gasteiger charge is 2.24. The predicted octanol–water partition coefficient (Wildman–Crippen LogP) is 7.04. The lowest BCUT2D eigenvalue weighted by Crippen LogP contribution is -2.19. The monoisotopic (exact) mass is 515 g/mol. The topological polar surface area (TPSA) is 55.3 Å². The minimum Gasteiger partial charge on any atom is -0.453 e. The first-order chi connectivity index (χ1) is 18.0. The zero-order chi connectivity index (χ0) is 25.4. The van der Waals surface area contributed by atoms with E-state index >= 15 is 0 Å². The number of Topliss-reactive ketones (excluding diaryl/α,β-unsaturated/α-hetero) is 1. The molecule has 1 atom stereocenters. The summed E-state index contributed by atoms with van der Waals surface area (Å²) in [4.78, 5) is 24.8. The molecule has 0 bridgehead atoms. The van der Waals surface area contributed by atoms with Crippen molar-refractivity contribution >= 4 is 27.3 Å². The van der Waals surface area contributed by atoms with Crippen LogP contribution in [0.5, 0.6) is 11.5 Å². The molecule has 5 nitrogen and oxygen atoms in total. The first-order valence-corrected chi connectivity index (χ1v) is 13.9. The average Bonchev–Trinajstić information content (AvgIpc) is 3.42. The molecule has 0 unspecified atom stereocenters. The molecule has 1 aliphatic carbocycles. The van der Waals surface area contributed by atoms with E-state index in [1.807, 2.05) is 12.3 Å². The van der Waals surface area contributed by atoms with Crippen LogP contribution in [0.2, 0.25) is 0 Å². The Morgan fingerprint density at radius 2 is 1.95 bits per heavy atom. The molecular formula is C30H30FN3O2S. The molecular weight excluding hydrogens is 485 g/mol. The molecule has 3 aromatic heterocycles. The Bertz CT molecular complexity index is 1430. The summed E-state index contributed by atoms with van der Waals surface area (Å²) < 4.78 is 21.7. The number of halogens is 1. The number of rotatable bonds is 9. The number of ketones is 1. The zero-order valence-corrected chi connectivity index (χ0v) is 21.8. The lowest BCUT2D eigenvalue weighted by atomic mass is 10.0. The highest BCUT2D eigenvalue weighted by atomic mass is 32.1. The molecule has 0 N–H and O–H groups in total. The second-order valence-electron chi connectivity index (χ2n) is 10.5. The largest absolute Gasteiger partial charge is 0.453 e. The van der Waals surface area contributed by atoms with Gasteiger partial charge in [-0.1, -0.05) is 19.1 Å². The van der Waals surface area contributed by atoms with E-state index in [1.165, 1.54) is 29.4 Å². The molecule has 1 saturated carbocycles. The van der Waals surface area contributed by atoms with Gasteiger partial charge in [-0.15, -0.1) is 11.3 Å². The average molecular weight is 516 g/mol. The number of fused-ring (bicyclic) bond motifs is 1. The highest BCUT2D eigenvalue weighted by Crippen LogP contribution is 2.39. The summed E-state index contributed by atoms with van der Waals surface area (Å²) >= 11 is 1.54. The smallest absolute Gasteiger partial charge is 0.166 e. The lowest BCUT2D eigenvalue weighted by Gasteiger charge is -2.14. The van der Waals surface area contributed by atoms with E-state index < -0.39 is 5.82 Å². The molecule has 2 fully saturated rings. The Morgan fingerprint density at radius 3 is 2.68 bits per heavy atom. The summed E-state index contributed by atoms with van der Waals surface area (Å²) in [6, 6.07) is 12.8. The molecule has 190 valence electrons. The summed E-state index contributed by atoms with van der Waals surface area (Å²) in [5.41, 5.74) is 3.58. The fraction of sp³-hybridized carbons (Fsp3) is 0.367. The maximum absolute atomic E-state index is 14.9. The number of hydrogen-bond donors (Lipinski definition) is 0. The van der Waals surface area contributed by atoms with Gasteiger partial charge in [0, 0.05) is 44.4 Å². The van der Waals surface area contributed by atoms with Crippen molar-refractivity contribution < 1.29 is 13.9 Å². The van der Waals surface area contributed by atoms with E-state index in [4.69, 9.17) is 9.72 Å². The first kappa shape index (κ1) is 24.2. The number of aromatic nitrogens is 2. The van der Waals surface area contributed by atoms with Crippen molar-refractivity contribution in [3.05, 3.63) is 71.8 Å². The van der Waals surface area contributed by atoms with E-state index in [0.29, 0.717) is 23.7 Å². The SMILES string of the molecule is C[C@H]1CCN(Cc2ccc(-c3cc4nccc(Oc5ccc(CC(=O)CC6CC6)cc5F)c4s3)nc2)C1. The van der Waals surface area contributed by atoms with Crippen LogP contribution in [0, 0.1) is 17.7 Å². The number of carbonyl (C=O) groups excluding carboxylic acids is 1. The second-order valence-corrected chi connectivity index (χ2v) is 11.6. The summed E-state index contributed by atoms with van der Waals surface area (Å²) in [5.74, 6) is 1.70. The van der Waals surface area contributed by atoms with Gasteiger partial charge in [-0.25, -0.2) is 4.39 Å². The molecule has 2 aliphatic rings. The maximum Gasteiger partial charge on any atom is 0.166 e. The van der Waals surface area contributed by atoms with E-state index in [2.05, 4.69) is 28.9 Å². The van der Waals surface area contributed by atoms with Crippen molar-refractivity contribution in [2.75, 3.05) is 13.1 Å². The maximum atomic E-state index is 14.9. The first-order valence-electron chi connectivity index (χ1n) is 13.0. The predicted molar refractivity (Wildman–Crippen MR) is 144 cm³/mol. The van der Waals surface area contributed by atoms with Gasteiger partial charge in [0.05, 0.1) is 20.8 Å². The van der Waals surface area contributed by atoms with Crippen molar-refractivity contribution in [2.45, 2.75) is 45.6 Å². The number of carbonyl (C=O) groups is 1. The molecule has 37 heavy (non-hydrogen) atoms. The Morgan fingerprint density at radius 1 is 1.08 bits per heavy atom. The Kier molecular flexibility index (Phi) is 6.74. The Balaban J connectivity index is 1.17. The van der Waals surface area contributed by atoms with Crippen molar-refractivity contribution in [2.24, 2.45) is 11.8 Å².